The first-order valence-corrected chi connectivity index (χ1v) is 8.29. The molecular weight excluding hydrogens is 403 g/mol. The van der Waals surface area contributed by atoms with E-state index in [9.17, 15) is 4.79 Å². The topological polar surface area (TPSA) is 51.0 Å². The predicted molar refractivity (Wildman–Crippen MR) is 97.5 cm³/mol. The standard InChI is InChI=1S/C17H13IN4O/c1-21-16-12-7-3-2-6-11(12)10-22(17(18)23)14-9-5-4-8-13(14)15(16)19-20-21/h2-9H,10H2,1H3. The van der Waals surface area contributed by atoms with Gasteiger partial charge in [-0.15, -0.1) is 5.10 Å². The maximum absolute atomic E-state index is 12.2. The first-order valence-electron chi connectivity index (χ1n) is 7.21. The Morgan fingerprint density at radius 3 is 2.57 bits per heavy atom. The number of amides is 1. The van der Waals surface area contributed by atoms with Crippen LogP contribution >= 0.6 is 22.6 Å². The van der Waals surface area contributed by atoms with Gasteiger partial charge in [0.2, 0.25) is 0 Å². The van der Waals surface area contributed by atoms with Gasteiger partial charge >= 0.3 is 0 Å². The summed E-state index contributed by atoms with van der Waals surface area (Å²) < 4.78 is 1.78. The van der Waals surface area contributed by atoms with Gasteiger partial charge in [0, 0.05) is 40.8 Å². The molecule has 2 heterocycles. The van der Waals surface area contributed by atoms with Crippen molar-refractivity contribution in [2.45, 2.75) is 6.54 Å². The molecule has 0 unspecified atom stereocenters. The molecule has 0 saturated heterocycles. The third-order valence-corrected chi connectivity index (χ3v) is 4.67. The quantitative estimate of drug-likeness (QED) is 0.316. The van der Waals surface area contributed by atoms with Gasteiger partial charge in [0.1, 0.15) is 5.69 Å². The summed E-state index contributed by atoms with van der Waals surface area (Å²) in [6, 6.07) is 15.9. The van der Waals surface area contributed by atoms with E-state index in [1.165, 1.54) is 0 Å². The zero-order valence-electron chi connectivity index (χ0n) is 12.4. The van der Waals surface area contributed by atoms with Gasteiger partial charge in [-0.1, -0.05) is 47.7 Å². The fourth-order valence-corrected chi connectivity index (χ4v) is 3.48. The lowest BCUT2D eigenvalue weighted by Gasteiger charge is -2.26. The van der Waals surface area contributed by atoms with E-state index < -0.39 is 0 Å². The van der Waals surface area contributed by atoms with Crippen LogP contribution in [0.2, 0.25) is 0 Å². The second-order valence-corrected chi connectivity index (χ2v) is 6.35. The average Bonchev–Trinajstić information content (AvgIpc) is 2.92. The number of rotatable bonds is 0. The van der Waals surface area contributed by atoms with Crippen molar-refractivity contribution >= 4 is 32.2 Å². The molecule has 6 heteroatoms. The van der Waals surface area contributed by atoms with Gasteiger partial charge in [-0.25, -0.2) is 4.68 Å². The summed E-state index contributed by atoms with van der Waals surface area (Å²) >= 11 is 1.84. The van der Waals surface area contributed by atoms with E-state index in [1.54, 1.807) is 9.58 Å². The highest BCUT2D eigenvalue weighted by Gasteiger charge is 2.27. The Labute approximate surface area is 147 Å². The molecule has 1 amide bonds. The maximum Gasteiger partial charge on any atom is 0.287 e. The summed E-state index contributed by atoms with van der Waals surface area (Å²) in [4.78, 5) is 14.0. The maximum atomic E-state index is 12.2. The number of carbonyl (C=O) groups excluding carboxylic acids is 1. The largest absolute Gasteiger partial charge is 0.299 e. The average molecular weight is 416 g/mol. The van der Waals surface area contributed by atoms with E-state index in [0.717, 1.165) is 33.8 Å². The van der Waals surface area contributed by atoms with Crippen LogP contribution in [0.3, 0.4) is 0 Å². The van der Waals surface area contributed by atoms with Gasteiger partial charge in [0.25, 0.3) is 3.91 Å². The normalized spacial score (nSPS) is 12.7. The number of hydrogen-bond acceptors (Lipinski definition) is 3. The number of para-hydroxylation sites is 1. The van der Waals surface area contributed by atoms with E-state index in [2.05, 4.69) is 16.4 Å². The first-order chi connectivity index (χ1) is 11.2. The van der Waals surface area contributed by atoms with Crippen molar-refractivity contribution in [3.63, 3.8) is 0 Å². The Hall–Kier alpha value is -2.22. The van der Waals surface area contributed by atoms with Gasteiger partial charge in [0.05, 0.1) is 17.9 Å². The zero-order chi connectivity index (χ0) is 16.0. The molecule has 23 heavy (non-hydrogen) atoms. The van der Waals surface area contributed by atoms with Crippen molar-refractivity contribution in [1.82, 2.24) is 15.0 Å². The Bertz CT molecular complexity index is 918. The van der Waals surface area contributed by atoms with Crippen LogP contribution in [-0.2, 0) is 13.6 Å². The van der Waals surface area contributed by atoms with Crippen LogP contribution in [0.4, 0.5) is 10.5 Å². The van der Waals surface area contributed by atoms with Crippen LogP contribution in [0.25, 0.3) is 22.5 Å². The minimum absolute atomic E-state index is 0.0165. The van der Waals surface area contributed by atoms with Crippen LogP contribution in [-0.4, -0.2) is 18.9 Å². The molecule has 0 saturated carbocycles. The Kier molecular flexibility index (Phi) is 3.41. The van der Waals surface area contributed by atoms with Gasteiger partial charge in [-0.2, -0.15) is 0 Å². The summed E-state index contributed by atoms with van der Waals surface area (Å²) in [5.74, 6) is 0. The minimum Gasteiger partial charge on any atom is -0.299 e. The Morgan fingerprint density at radius 2 is 1.78 bits per heavy atom. The highest BCUT2D eigenvalue weighted by Crippen LogP contribution is 2.40. The second kappa shape index (κ2) is 5.45. The number of anilines is 1. The number of nitrogens with zero attached hydrogens (tertiary/aromatic N) is 4. The number of fused-ring (bicyclic) bond motifs is 5. The summed E-state index contributed by atoms with van der Waals surface area (Å²) in [6.45, 7) is 0.527. The zero-order valence-corrected chi connectivity index (χ0v) is 14.6. The molecule has 3 aromatic rings. The van der Waals surface area contributed by atoms with Crippen molar-refractivity contribution in [3.05, 3.63) is 54.1 Å². The molecule has 114 valence electrons. The molecular formula is C17H13IN4O. The molecule has 0 aliphatic carbocycles. The number of aromatic nitrogens is 3. The molecule has 0 fully saturated rings. The summed E-state index contributed by atoms with van der Waals surface area (Å²) in [6.07, 6.45) is 0. The smallest absolute Gasteiger partial charge is 0.287 e. The Balaban J connectivity index is 2.10. The lowest BCUT2D eigenvalue weighted by molar-refractivity contribution is 0.267. The third-order valence-electron chi connectivity index (χ3n) is 4.09. The molecule has 0 bridgehead atoms. The second-order valence-electron chi connectivity index (χ2n) is 5.42. The molecule has 4 rings (SSSR count). The summed E-state index contributed by atoms with van der Waals surface area (Å²) in [5, 5.41) is 8.58. The highest BCUT2D eigenvalue weighted by molar-refractivity contribution is 14.1. The predicted octanol–water partition coefficient (Wildman–Crippen LogP) is 4.02. The van der Waals surface area contributed by atoms with E-state index >= 15 is 0 Å². The van der Waals surface area contributed by atoms with Gasteiger partial charge in [-0.05, 0) is 11.6 Å². The van der Waals surface area contributed by atoms with Crippen LogP contribution in [0.1, 0.15) is 5.56 Å². The minimum atomic E-state index is -0.0165. The molecule has 0 radical (unpaired) electrons. The SMILES string of the molecule is Cn1nnc2c1-c1ccccc1CN(C(=O)I)c1ccccc1-2. The Morgan fingerprint density at radius 1 is 1.09 bits per heavy atom. The number of aryl methyl sites for hydroxylation is 1. The van der Waals surface area contributed by atoms with Crippen LogP contribution in [0.15, 0.2) is 48.5 Å². The monoisotopic (exact) mass is 416 g/mol. The van der Waals surface area contributed by atoms with E-state index in [4.69, 9.17) is 0 Å². The molecule has 1 aromatic heterocycles. The fraction of sp³-hybridized carbons (Fsp3) is 0.118. The van der Waals surface area contributed by atoms with Crippen molar-refractivity contribution in [2.24, 2.45) is 7.05 Å². The highest BCUT2D eigenvalue weighted by atomic mass is 127. The molecule has 1 aliphatic heterocycles. The third kappa shape index (κ3) is 2.24. The molecule has 5 nitrogen and oxygen atoms in total. The van der Waals surface area contributed by atoms with Gasteiger partial charge < -0.3 is 0 Å². The van der Waals surface area contributed by atoms with E-state index in [-0.39, 0.29) is 3.91 Å². The number of halogens is 1. The number of carbonyl (C=O) groups is 1. The lowest BCUT2D eigenvalue weighted by atomic mass is 9.96. The first kappa shape index (κ1) is 14.4. The lowest BCUT2D eigenvalue weighted by Crippen LogP contribution is -2.26. The molecule has 0 N–H and O–H groups in total. The fourth-order valence-electron chi connectivity index (χ4n) is 3.05. The van der Waals surface area contributed by atoms with Crippen molar-refractivity contribution in [2.75, 3.05) is 4.90 Å². The van der Waals surface area contributed by atoms with Crippen molar-refractivity contribution in [1.29, 1.82) is 0 Å². The molecule has 1 aliphatic rings. The van der Waals surface area contributed by atoms with Crippen molar-refractivity contribution in [3.8, 4) is 22.5 Å². The summed E-state index contributed by atoms with van der Waals surface area (Å²) in [7, 11) is 1.90. The number of benzene rings is 2. The number of hydrogen-bond donors (Lipinski definition) is 0. The van der Waals surface area contributed by atoms with Crippen LogP contribution in [0.5, 0.6) is 0 Å². The van der Waals surface area contributed by atoms with Crippen LogP contribution < -0.4 is 4.90 Å². The summed E-state index contributed by atoms with van der Waals surface area (Å²) in [5.41, 5.74) is 5.72. The van der Waals surface area contributed by atoms with Gasteiger partial charge in [-0.3, -0.25) is 9.69 Å². The molecule has 0 atom stereocenters. The van der Waals surface area contributed by atoms with E-state index in [1.807, 2.05) is 72.1 Å². The van der Waals surface area contributed by atoms with E-state index in [0.29, 0.717) is 6.54 Å². The molecule has 2 aromatic carbocycles. The molecule has 0 spiro atoms. The van der Waals surface area contributed by atoms with Gasteiger partial charge in [0.15, 0.2) is 0 Å². The van der Waals surface area contributed by atoms with Crippen LogP contribution in [0, 0.1) is 0 Å². The van der Waals surface area contributed by atoms with Crippen molar-refractivity contribution < 1.29 is 4.79 Å².